The standard InChI is InChI=1S/C18H24N4/c1-2-15-12-19-7-5-18(15)16(3-1)14-21-8-10-22(11-9-21)17-4-6-20-13-17/h1-3,5,7,12,17,20H,4,6,8-11,13-14H2. The summed E-state index contributed by atoms with van der Waals surface area (Å²) in [6, 6.07) is 9.47. The normalized spacial score (nSPS) is 24.1. The van der Waals surface area contributed by atoms with Crippen molar-refractivity contribution in [2.75, 3.05) is 39.3 Å². The molecule has 22 heavy (non-hydrogen) atoms. The van der Waals surface area contributed by atoms with Gasteiger partial charge in [0.2, 0.25) is 0 Å². The maximum absolute atomic E-state index is 4.23. The van der Waals surface area contributed by atoms with Crippen LogP contribution in [0.5, 0.6) is 0 Å². The number of fused-ring (bicyclic) bond motifs is 1. The third kappa shape index (κ3) is 2.86. The van der Waals surface area contributed by atoms with E-state index in [0.29, 0.717) is 0 Å². The van der Waals surface area contributed by atoms with E-state index in [-0.39, 0.29) is 0 Å². The van der Waals surface area contributed by atoms with E-state index in [4.69, 9.17) is 0 Å². The van der Waals surface area contributed by atoms with Gasteiger partial charge in [-0.3, -0.25) is 14.8 Å². The van der Waals surface area contributed by atoms with Gasteiger partial charge in [-0.25, -0.2) is 0 Å². The Balaban J connectivity index is 1.41. The van der Waals surface area contributed by atoms with Crippen LogP contribution in [0.4, 0.5) is 0 Å². The van der Waals surface area contributed by atoms with Gasteiger partial charge in [0.1, 0.15) is 0 Å². The molecule has 1 atom stereocenters. The van der Waals surface area contributed by atoms with Gasteiger partial charge in [-0.15, -0.1) is 0 Å². The Hall–Kier alpha value is -1.49. The van der Waals surface area contributed by atoms with E-state index in [0.717, 1.165) is 12.6 Å². The average molecular weight is 296 g/mol. The Kier molecular flexibility index (Phi) is 4.06. The largest absolute Gasteiger partial charge is 0.315 e. The molecule has 116 valence electrons. The topological polar surface area (TPSA) is 31.4 Å². The van der Waals surface area contributed by atoms with Gasteiger partial charge in [0.25, 0.3) is 0 Å². The smallest absolute Gasteiger partial charge is 0.0346 e. The van der Waals surface area contributed by atoms with E-state index in [2.05, 4.69) is 44.4 Å². The summed E-state index contributed by atoms with van der Waals surface area (Å²) in [6.07, 6.45) is 5.18. The zero-order chi connectivity index (χ0) is 14.8. The summed E-state index contributed by atoms with van der Waals surface area (Å²) in [7, 11) is 0. The van der Waals surface area contributed by atoms with Crippen molar-refractivity contribution in [3.63, 3.8) is 0 Å². The second-order valence-corrected chi connectivity index (χ2v) is 6.47. The van der Waals surface area contributed by atoms with E-state index < -0.39 is 0 Å². The molecule has 2 saturated heterocycles. The molecule has 4 rings (SSSR count). The van der Waals surface area contributed by atoms with Crippen molar-refractivity contribution < 1.29 is 0 Å². The first kappa shape index (κ1) is 14.1. The molecular weight excluding hydrogens is 272 g/mol. The first-order valence-corrected chi connectivity index (χ1v) is 8.39. The van der Waals surface area contributed by atoms with E-state index in [1.165, 1.54) is 62.0 Å². The Labute approximate surface area is 132 Å². The lowest BCUT2D eigenvalue weighted by atomic mass is 10.1. The number of hydrogen-bond donors (Lipinski definition) is 1. The summed E-state index contributed by atoms with van der Waals surface area (Å²) >= 11 is 0. The molecule has 2 aromatic rings. The lowest BCUT2D eigenvalue weighted by Crippen LogP contribution is -2.50. The molecule has 0 spiro atoms. The van der Waals surface area contributed by atoms with Crippen LogP contribution in [-0.2, 0) is 6.54 Å². The molecule has 0 saturated carbocycles. The fraction of sp³-hybridized carbons (Fsp3) is 0.500. The first-order valence-electron chi connectivity index (χ1n) is 8.39. The molecule has 2 aliphatic rings. The van der Waals surface area contributed by atoms with Crippen molar-refractivity contribution in [3.8, 4) is 0 Å². The fourth-order valence-electron chi connectivity index (χ4n) is 3.81. The lowest BCUT2D eigenvalue weighted by molar-refractivity contribution is 0.0984. The Morgan fingerprint density at radius 2 is 2.05 bits per heavy atom. The molecule has 2 fully saturated rings. The highest BCUT2D eigenvalue weighted by atomic mass is 15.3. The van der Waals surface area contributed by atoms with Crippen LogP contribution in [0.3, 0.4) is 0 Å². The highest BCUT2D eigenvalue weighted by Crippen LogP contribution is 2.20. The number of rotatable bonds is 3. The highest BCUT2D eigenvalue weighted by molar-refractivity contribution is 5.84. The number of aromatic nitrogens is 1. The van der Waals surface area contributed by atoms with Gasteiger partial charge in [-0.1, -0.05) is 18.2 Å². The third-order valence-corrected chi connectivity index (χ3v) is 5.12. The first-order chi connectivity index (χ1) is 10.9. The van der Waals surface area contributed by atoms with E-state index >= 15 is 0 Å². The van der Waals surface area contributed by atoms with Crippen LogP contribution < -0.4 is 5.32 Å². The van der Waals surface area contributed by atoms with E-state index in [9.17, 15) is 0 Å². The van der Waals surface area contributed by atoms with Crippen LogP contribution in [0.25, 0.3) is 10.8 Å². The van der Waals surface area contributed by atoms with Crippen molar-refractivity contribution in [3.05, 3.63) is 42.2 Å². The molecular formula is C18H24N4. The summed E-state index contributed by atoms with van der Waals surface area (Å²) in [5.41, 5.74) is 1.43. The van der Waals surface area contributed by atoms with Crippen LogP contribution in [0.2, 0.25) is 0 Å². The van der Waals surface area contributed by atoms with Crippen LogP contribution >= 0.6 is 0 Å². The summed E-state index contributed by atoms with van der Waals surface area (Å²) < 4.78 is 0. The van der Waals surface area contributed by atoms with Crippen molar-refractivity contribution in [1.29, 1.82) is 0 Å². The Morgan fingerprint density at radius 3 is 2.86 bits per heavy atom. The fourth-order valence-corrected chi connectivity index (χ4v) is 3.81. The molecule has 0 radical (unpaired) electrons. The minimum absolute atomic E-state index is 0.769. The van der Waals surface area contributed by atoms with Gasteiger partial charge in [0.15, 0.2) is 0 Å². The molecule has 0 bridgehead atoms. The second kappa shape index (κ2) is 6.32. The maximum atomic E-state index is 4.23. The number of pyridine rings is 1. The summed E-state index contributed by atoms with van der Waals surface area (Å²) in [5.74, 6) is 0. The summed E-state index contributed by atoms with van der Waals surface area (Å²) in [4.78, 5) is 9.49. The van der Waals surface area contributed by atoms with Crippen molar-refractivity contribution >= 4 is 10.8 Å². The van der Waals surface area contributed by atoms with Crippen molar-refractivity contribution in [2.24, 2.45) is 0 Å². The molecule has 1 aromatic heterocycles. The van der Waals surface area contributed by atoms with Gasteiger partial charge in [0.05, 0.1) is 0 Å². The predicted octanol–water partition coefficient (Wildman–Crippen LogP) is 1.71. The van der Waals surface area contributed by atoms with Gasteiger partial charge in [-0.2, -0.15) is 0 Å². The van der Waals surface area contributed by atoms with Crippen LogP contribution in [0.15, 0.2) is 36.7 Å². The summed E-state index contributed by atoms with van der Waals surface area (Å²) in [5, 5.41) is 6.07. The van der Waals surface area contributed by atoms with Crippen LogP contribution in [0.1, 0.15) is 12.0 Å². The number of hydrogen-bond acceptors (Lipinski definition) is 4. The number of nitrogens with zero attached hydrogens (tertiary/aromatic N) is 3. The molecule has 3 heterocycles. The van der Waals surface area contributed by atoms with E-state index in [1.54, 1.807) is 0 Å². The second-order valence-electron chi connectivity index (χ2n) is 6.47. The zero-order valence-corrected chi connectivity index (χ0v) is 13.0. The molecule has 2 aliphatic heterocycles. The minimum atomic E-state index is 0.769. The Bertz CT molecular complexity index is 623. The molecule has 1 unspecified atom stereocenters. The van der Waals surface area contributed by atoms with Crippen molar-refractivity contribution in [2.45, 2.75) is 19.0 Å². The van der Waals surface area contributed by atoms with Gasteiger partial charge in [-0.05, 0) is 30.0 Å². The van der Waals surface area contributed by atoms with Gasteiger partial charge >= 0.3 is 0 Å². The van der Waals surface area contributed by atoms with Crippen LogP contribution in [-0.4, -0.2) is 60.1 Å². The Morgan fingerprint density at radius 1 is 1.14 bits per heavy atom. The number of piperazine rings is 1. The number of benzene rings is 1. The number of nitrogens with one attached hydrogen (secondary N) is 1. The molecule has 0 amide bonds. The predicted molar refractivity (Wildman–Crippen MR) is 89.9 cm³/mol. The molecule has 1 N–H and O–H groups in total. The quantitative estimate of drug-likeness (QED) is 0.934. The lowest BCUT2D eigenvalue weighted by Gasteiger charge is -2.38. The summed E-state index contributed by atoms with van der Waals surface area (Å²) in [6.45, 7) is 8.19. The van der Waals surface area contributed by atoms with E-state index in [1.807, 2.05) is 12.4 Å². The average Bonchev–Trinajstić information content (AvgIpc) is 3.10. The monoisotopic (exact) mass is 296 g/mol. The molecule has 0 aliphatic carbocycles. The maximum Gasteiger partial charge on any atom is 0.0346 e. The highest BCUT2D eigenvalue weighted by Gasteiger charge is 2.25. The molecule has 4 nitrogen and oxygen atoms in total. The molecule has 1 aromatic carbocycles. The van der Waals surface area contributed by atoms with Gasteiger partial charge in [0, 0.05) is 63.1 Å². The minimum Gasteiger partial charge on any atom is -0.315 e. The van der Waals surface area contributed by atoms with Gasteiger partial charge < -0.3 is 5.32 Å². The zero-order valence-electron chi connectivity index (χ0n) is 13.0. The van der Waals surface area contributed by atoms with Crippen LogP contribution in [0, 0.1) is 0 Å². The molecule has 4 heteroatoms. The van der Waals surface area contributed by atoms with Crippen molar-refractivity contribution in [1.82, 2.24) is 20.1 Å². The third-order valence-electron chi connectivity index (χ3n) is 5.12. The SMILES string of the molecule is c1cc(CN2CCN(C3CCNC3)CC2)c2ccncc2c1.